The first-order chi connectivity index (χ1) is 6.15. The van der Waals surface area contributed by atoms with Crippen LogP contribution in [0.5, 0.6) is 0 Å². The number of ether oxygens (including phenoxy) is 1. The summed E-state index contributed by atoms with van der Waals surface area (Å²) in [6.45, 7) is 0. The summed E-state index contributed by atoms with van der Waals surface area (Å²) >= 11 is 5.73. The van der Waals surface area contributed by atoms with Gasteiger partial charge in [-0.15, -0.1) is 12.4 Å². The van der Waals surface area contributed by atoms with Gasteiger partial charge in [-0.3, -0.25) is 4.79 Å². The SMILES string of the molecule is COC(=O)[C@H](N)c1cccc(Cl)c1.Cl. The van der Waals surface area contributed by atoms with Crippen molar-refractivity contribution in [2.75, 3.05) is 7.11 Å². The second kappa shape index (κ2) is 5.86. The van der Waals surface area contributed by atoms with Gasteiger partial charge in [-0.1, -0.05) is 23.7 Å². The van der Waals surface area contributed by atoms with Crippen LogP contribution in [-0.4, -0.2) is 13.1 Å². The normalized spacial score (nSPS) is 11.4. The zero-order valence-electron chi connectivity index (χ0n) is 7.57. The molecule has 1 atom stereocenters. The second-order valence-electron chi connectivity index (χ2n) is 2.56. The van der Waals surface area contributed by atoms with Crippen LogP contribution in [0, 0.1) is 0 Å². The summed E-state index contributed by atoms with van der Waals surface area (Å²) in [5.74, 6) is -0.470. The Bertz CT molecular complexity index is 317. The van der Waals surface area contributed by atoms with E-state index in [4.69, 9.17) is 17.3 Å². The van der Waals surface area contributed by atoms with E-state index in [2.05, 4.69) is 4.74 Å². The van der Waals surface area contributed by atoms with Crippen molar-refractivity contribution in [1.29, 1.82) is 0 Å². The van der Waals surface area contributed by atoms with Gasteiger partial charge in [0.15, 0.2) is 0 Å². The van der Waals surface area contributed by atoms with Crippen molar-refractivity contribution in [2.24, 2.45) is 5.73 Å². The van der Waals surface area contributed by atoms with Crippen LogP contribution < -0.4 is 5.73 Å². The van der Waals surface area contributed by atoms with Crippen molar-refractivity contribution in [3.05, 3.63) is 34.9 Å². The summed E-state index contributed by atoms with van der Waals surface area (Å²) in [6, 6.07) is 6.07. The van der Waals surface area contributed by atoms with Crippen LogP contribution in [0.2, 0.25) is 5.02 Å². The first-order valence-electron chi connectivity index (χ1n) is 3.74. The Labute approximate surface area is 93.6 Å². The Morgan fingerprint density at radius 2 is 2.21 bits per heavy atom. The van der Waals surface area contributed by atoms with Gasteiger partial charge in [0.25, 0.3) is 0 Å². The van der Waals surface area contributed by atoms with Crippen molar-refractivity contribution < 1.29 is 9.53 Å². The molecular weight excluding hydrogens is 225 g/mol. The summed E-state index contributed by atoms with van der Waals surface area (Å²) in [5, 5.41) is 0.553. The molecule has 0 unspecified atom stereocenters. The third kappa shape index (κ3) is 3.18. The summed E-state index contributed by atoms with van der Waals surface area (Å²) in [6.07, 6.45) is 0. The molecule has 1 aromatic carbocycles. The minimum absolute atomic E-state index is 0. The molecule has 78 valence electrons. The third-order valence-corrected chi connectivity index (χ3v) is 1.90. The average Bonchev–Trinajstić information content (AvgIpc) is 2.15. The highest BCUT2D eigenvalue weighted by molar-refractivity contribution is 6.30. The van der Waals surface area contributed by atoms with E-state index in [1.807, 2.05) is 0 Å². The summed E-state index contributed by atoms with van der Waals surface area (Å²) in [4.78, 5) is 11.0. The highest BCUT2D eigenvalue weighted by Crippen LogP contribution is 2.16. The molecular formula is C9H11Cl2NO2. The minimum atomic E-state index is -0.760. The van der Waals surface area contributed by atoms with E-state index in [0.717, 1.165) is 0 Å². The number of carbonyl (C=O) groups is 1. The third-order valence-electron chi connectivity index (χ3n) is 1.66. The fourth-order valence-electron chi connectivity index (χ4n) is 0.963. The number of hydrogen-bond acceptors (Lipinski definition) is 3. The number of hydrogen-bond donors (Lipinski definition) is 1. The van der Waals surface area contributed by atoms with Gasteiger partial charge >= 0.3 is 5.97 Å². The molecule has 0 amide bonds. The van der Waals surface area contributed by atoms with Gasteiger partial charge < -0.3 is 10.5 Å². The Hall–Kier alpha value is -0.770. The Morgan fingerprint density at radius 3 is 2.71 bits per heavy atom. The topological polar surface area (TPSA) is 52.3 Å². The molecule has 0 fully saturated rings. The number of nitrogens with two attached hydrogens (primary N) is 1. The first-order valence-corrected chi connectivity index (χ1v) is 4.12. The van der Waals surface area contributed by atoms with Crippen LogP contribution in [0.15, 0.2) is 24.3 Å². The van der Waals surface area contributed by atoms with E-state index in [0.29, 0.717) is 10.6 Å². The molecule has 3 nitrogen and oxygen atoms in total. The van der Waals surface area contributed by atoms with Crippen LogP contribution in [0.1, 0.15) is 11.6 Å². The van der Waals surface area contributed by atoms with Crippen LogP contribution in [-0.2, 0) is 9.53 Å². The first kappa shape index (κ1) is 13.2. The number of benzene rings is 1. The molecule has 1 rings (SSSR count). The average molecular weight is 236 g/mol. The molecule has 0 heterocycles. The van der Waals surface area contributed by atoms with E-state index in [1.54, 1.807) is 24.3 Å². The summed E-state index contributed by atoms with van der Waals surface area (Å²) in [7, 11) is 1.30. The van der Waals surface area contributed by atoms with Gasteiger partial charge in [0, 0.05) is 5.02 Å². The standard InChI is InChI=1S/C9H10ClNO2.ClH/c1-13-9(12)8(11)6-3-2-4-7(10)5-6;/h2-5,8H,11H2,1H3;1H/t8-;/m1./s1. The molecule has 0 aliphatic carbocycles. The van der Waals surface area contributed by atoms with Crippen molar-refractivity contribution >= 4 is 30.0 Å². The van der Waals surface area contributed by atoms with Crippen molar-refractivity contribution in [2.45, 2.75) is 6.04 Å². The van der Waals surface area contributed by atoms with E-state index >= 15 is 0 Å². The molecule has 0 bridgehead atoms. The molecule has 14 heavy (non-hydrogen) atoms. The lowest BCUT2D eigenvalue weighted by Gasteiger charge is -2.08. The molecule has 5 heteroatoms. The van der Waals surface area contributed by atoms with Gasteiger partial charge in [-0.2, -0.15) is 0 Å². The largest absolute Gasteiger partial charge is 0.468 e. The molecule has 0 aromatic heterocycles. The van der Waals surface area contributed by atoms with Gasteiger partial charge in [-0.05, 0) is 17.7 Å². The van der Waals surface area contributed by atoms with Crippen molar-refractivity contribution in [3.63, 3.8) is 0 Å². The lowest BCUT2D eigenvalue weighted by Crippen LogP contribution is -2.22. The van der Waals surface area contributed by atoms with E-state index < -0.39 is 12.0 Å². The minimum Gasteiger partial charge on any atom is -0.468 e. The molecule has 0 saturated heterocycles. The lowest BCUT2D eigenvalue weighted by molar-refractivity contribution is -0.142. The predicted octanol–water partition coefficient (Wildman–Crippen LogP) is 1.93. The maximum Gasteiger partial charge on any atom is 0.327 e. The molecule has 2 N–H and O–H groups in total. The number of esters is 1. The Balaban J connectivity index is 0.00000169. The van der Waals surface area contributed by atoms with Gasteiger partial charge in [-0.25, -0.2) is 0 Å². The van der Waals surface area contributed by atoms with Gasteiger partial charge in [0.1, 0.15) is 6.04 Å². The molecule has 0 spiro atoms. The van der Waals surface area contributed by atoms with Crippen molar-refractivity contribution in [3.8, 4) is 0 Å². The Kier molecular flexibility index (Phi) is 5.53. The van der Waals surface area contributed by atoms with Crippen LogP contribution in [0.4, 0.5) is 0 Å². The second-order valence-corrected chi connectivity index (χ2v) is 2.99. The van der Waals surface area contributed by atoms with E-state index in [-0.39, 0.29) is 12.4 Å². The smallest absolute Gasteiger partial charge is 0.327 e. The molecule has 1 aromatic rings. The fraction of sp³-hybridized carbons (Fsp3) is 0.222. The van der Waals surface area contributed by atoms with Gasteiger partial charge in [0.05, 0.1) is 7.11 Å². The van der Waals surface area contributed by atoms with Gasteiger partial charge in [0.2, 0.25) is 0 Å². The molecule has 0 aliphatic heterocycles. The maximum absolute atomic E-state index is 11.0. The number of halogens is 2. The van der Waals surface area contributed by atoms with Crippen LogP contribution >= 0.6 is 24.0 Å². The number of carbonyl (C=O) groups excluding carboxylic acids is 1. The predicted molar refractivity (Wildman–Crippen MR) is 57.6 cm³/mol. The molecule has 0 radical (unpaired) electrons. The highest BCUT2D eigenvalue weighted by atomic mass is 35.5. The zero-order chi connectivity index (χ0) is 9.84. The molecule has 0 aliphatic rings. The number of methoxy groups -OCH3 is 1. The zero-order valence-corrected chi connectivity index (χ0v) is 9.14. The van der Waals surface area contributed by atoms with E-state index in [1.165, 1.54) is 7.11 Å². The monoisotopic (exact) mass is 235 g/mol. The van der Waals surface area contributed by atoms with Crippen LogP contribution in [0.3, 0.4) is 0 Å². The maximum atomic E-state index is 11.0. The van der Waals surface area contributed by atoms with Crippen molar-refractivity contribution in [1.82, 2.24) is 0 Å². The molecule has 0 saturated carbocycles. The summed E-state index contributed by atoms with van der Waals surface area (Å²) in [5.41, 5.74) is 6.24. The highest BCUT2D eigenvalue weighted by Gasteiger charge is 2.15. The lowest BCUT2D eigenvalue weighted by atomic mass is 10.1. The fourth-order valence-corrected chi connectivity index (χ4v) is 1.16. The Morgan fingerprint density at radius 1 is 1.57 bits per heavy atom. The quantitative estimate of drug-likeness (QED) is 0.798. The number of rotatable bonds is 2. The van der Waals surface area contributed by atoms with E-state index in [9.17, 15) is 4.79 Å². The summed E-state index contributed by atoms with van der Waals surface area (Å²) < 4.78 is 4.50. The van der Waals surface area contributed by atoms with Crippen LogP contribution in [0.25, 0.3) is 0 Å².